The van der Waals surface area contributed by atoms with E-state index in [1.807, 2.05) is 14.1 Å². The van der Waals surface area contributed by atoms with Crippen LogP contribution in [-0.2, 0) is 0 Å². The van der Waals surface area contributed by atoms with Crippen LogP contribution in [0.4, 0.5) is 5.95 Å². The van der Waals surface area contributed by atoms with E-state index in [4.69, 9.17) is 5.11 Å². The molecule has 0 aromatic carbocycles. The van der Waals surface area contributed by atoms with Gasteiger partial charge in [0, 0.05) is 20.1 Å². The molecule has 1 aliphatic carbocycles. The smallest absolute Gasteiger partial charge is 0.374 e. The molecule has 2 rings (SSSR count). The number of hydrogen-bond acceptors (Lipinski definition) is 4. The van der Waals surface area contributed by atoms with Crippen molar-refractivity contribution in [3.8, 4) is 0 Å². The molecule has 1 N–H and O–H groups in total. The predicted molar refractivity (Wildman–Crippen MR) is 49.6 cm³/mol. The van der Waals surface area contributed by atoms with Gasteiger partial charge in [-0.3, -0.25) is 4.57 Å². The van der Waals surface area contributed by atoms with Gasteiger partial charge in [0.2, 0.25) is 11.8 Å². The Kier molecular flexibility index (Phi) is 1.90. The van der Waals surface area contributed by atoms with Crippen molar-refractivity contribution in [1.29, 1.82) is 0 Å². The molecule has 0 aliphatic heterocycles. The van der Waals surface area contributed by atoms with E-state index in [2.05, 4.69) is 10.2 Å². The van der Waals surface area contributed by atoms with Crippen molar-refractivity contribution in [2.24, 2.45) is 0 Å². The number of aromatic carboxylic acids is 1. The summed E-state index contributed by atoms with van der Waals surface area (Å²) in [6, 6.07) is 0.272. The van der Waals surface area contributed by atoms with Gasteiger partial charge in [-0.05, 0) is 12.8 Å². The second-order valence-corrected chi connectivity index (χ2v) is 3.62. The normalized spacial score (nSPS) is 15.6. The zero-order valence-electron chi connectivity index (χ0n) is 8.14. The van der Waals surface area contributed by atoms with E-state index in [1.54, 1.807) is 9.47 Å². The first-order chi connectivity index (χ1) is 6.61. The van der Waals surface area contributed by atoms with E-state index in [-0.39, 0.29) is 11.9 Å². The topological polar surface area (TPSA) is 71.2 Å². The molecule has 1 heterocycles. The Morgan fingerprint density at radius 1 is 1.50 bits per heavy atom. The van der Waals surface area contributed by atoms with Gasteiger partial charge in [0.05, 0.1) is 0 Å². The molecule has 76 valence electrons. The molecule has 1 aromatic heterocycles. The summed E-state index contributed by atoms with van der Waals surface area (Å²) in [5, 5.41) is 16.4. The second kappa shape index (κ2) is 2.97. The molecule has 1 aromatic rings. The third-order valence-corrected chi connectivity index (χ3v) is 2.18. The second-order valence-electron chi connectivity index (χ2n) is 3.62. The van der Waals surface area contributed by atoms with Gasteiger partial charge in [-0.25, -0.2) is 4.79 Å². The summed E-state index contributed by atoms with van der Waals surface area (Å²) in [6.45, 7) is 0. The number of rotatable bonds is 3. The van der Waals surface area contributed by atoms with Crippen LogP contribution in [0, 0.1) is 0 Å². The molecule has 0 bridgehead atoms. The summed E-state index contributed by atoms with van der Waals surface area (Å²) in [5.41, 5.74) is 0. The molecule has 6 heteroatoms. The molecule has 14 heavy (non-hydrogen) atoms. The monoisotopic (exact) mass is 196 g/mol. The highest BCUT2D eigenvalue weighted by Crippen LogP contribution is 2.38. The van der Waals surface area contributed by atoms with Gasteiger partial charge in [0.15, 0.2) is 0 Å². The summed E-state index contributed by atoms with van der Waals surface area (Å²) in [6.07, 6.45) is 2.03. The molecule has 0 radical (unpaired) electrons. The van der Waals surface area contributed by atoms with Crippen LogP contribution in [0.3, 0.4) is 0 Å². The van der Waals surface area contributed by atoms with Crippen LogP contribution in [0.2, 0.25) is 0 Å². The van der Waals surface area contributed by atoms with Gasteiger partial charge in [0.25, 0.3) is 0 Å². The lowest BCUT2D eigenvalue weighted by Crippen LogP contribution is -2.17. The van der Waals surface area contributed by atoms with Crippen molar-refractivity contribution in [2.75, 3.05) is 19.0 Å². The summed E-state index contributed by atoms with van der Waals surface area (Å²) in [7, 11) is 3.66. The third-order valence-electron chi connectivity index (χ3n) is 2.18. The number of nitrogens with zero attached hydrogens (tertiary/aromatic N) is 4. The molecule has 0 unspecified atom stereocenters. The van der Waals surface area contributed by atoms with Crippen LogP contribution in [-0.4, -0.2) is 39.9 Å². The molecular formula is C8H12N4O2. The van der Waals surface area contributed by atoms with Crippen LogP contribution in [0.25, 0.3) is 0 Å². The highest BCUT2D eigenvalue weighted by Gasteiger charge is 2.32. The minimum absolute atomic E-state index is 0.0381. The van der Waals surface area contributed by atoms with E-state index < -0.39 is 5.97 Å². The first-order valence-electron chi connectivity index (χ1n) is 4.46. The van der Waals surface area contributed by atoms with E-state index in [9.17, 15) is 4.79 Å². The van der Waals surface area contributed by atoms with Gasteiger partial charge >= 0.3 is 5.97 Å². The zero-order valence-corrected chi connectivity index (χ0v) is 8.14. The average molecular weight is 196 g/mol. The van der Waals surface area contributed by atoms with Crippen LogP contribution in [0.5, 0.6) is 0 Å². The van der Waals surface area contributed by atoms with Gasteiger partial charge in [-0.1, -0.05) is 0 Å². The van der Waals surface area contributed by atoms with Crippen molar-refractivity contribution < 1.29 is 9.90 Å². The van der Waals surface area contributed by atoms with Crippen molar-refractivity contribution in [3.63, 3.8) is 0 Å². The number of anilines is 1. The standard InChI is InChI=1S/C8H12N4O2/c1-11(2)8-10-9-6(7(13)14)12(8)5-3-4-5/h5H,3-4H2,1-2H3,(H,13,14). The lowest BCUT2D eigenvalue weighted by molar-refractivity contribution is 0.0677. The zero-order chi connectivity index (χ0) is 10.3. The lowest BCUT2D eigenvalue weighted by Gasteiger charge is -2.12. The third kappa shape index (κ3) is 1.32. The highest BCUT2D eigenvalue weighted by atomic mass is 16.4. The van der Waals surface area contributed by atoms with Crippen LogP contribution in [0.1, 0.15) is 29.5 Å². The molecule has 0 saturated heterocycles. The molecular weight excluding hydrogens is 184 g/mol. The van der Waals surface area contributed by atoms with E-state index >= 15 is 0 Å². The number of carboxylic acid groups (broad SMARTS) is 1. The van der Waals surface area contributed by atoms with Crippen LogP contribution >= 0.6 is 0 Å². The van der Waals surface area contributed by atoms with Gasteiger partial charge in [-0.15, -0.1) is 10.2 Å². The van der Waals surface area contributed by atoms with Gasteiger partial charge < -0.3 is 10.0 Å². The summed E-state index contributed by atoms with van der Waals surface area (Å²) in [5.74, 6) is -0.362. The van der Waals surface area contributed by atoms with Gasteiger partial charge in [-0.2, -0.15) is 0 Å². The largest absolute Gasteiger partial charge is 0.475 e. The Labute approximate surface area is 81.2 Å². The molecule has 0 spiro atoms. The average Bonchev–Trinajstić information content (AvgIpc) is 2.83. The Morgan fingerprint density at radius 3 is 2.57 bits per heavy atom. The van der Waals surface area contributed by atoms with Gasteiger partial charge in [0.1, 0.15) is 0 Å². The first kappa shape index (κ1) is 8.98. The first-order valence-corrected chi connectivity index (χ1v) is 4.46. The van der Waals surface area contributed by atoms with E-state index in [1.165, 1.54) is 0 Å². The minimum Gasteiger partial charge on any atom is -0.475 e. The number of hydrogen-bond donors (Lipinski definition) is 1. The molecule has 6 nitrogen and oxygen atoms in total. The van der Waals surface area contributed by atoms with E-state index in [0.717, 1.165) is 12.8 Å². The van der Waals surface area contributed by atoms with E-state index in [0.29, 0.717) is 5.95 Å². The minimum atomic E-state index is -1.02. The van der Waals surface area contributed by atoms with Crippen molar-refractivity contribution in [1.82, 2.24) is 14.8 Å². The molecule has 1 fully saturated rings. The molecule has 1 saturated carbocycles. The maximum Gasteiger partial charge on any atom is 0.374 e. The summed E-state index contributed by atoms with van der Waals surface area (Å²) in [4.78, 5) is 12.6. The summed E-state index contributed by atoms with van der Waals surface area (Å²) < 4.78 is 1.70. The predicted octanol–water partition coefficient (Wildman–Crippen LogP) is 0.377. The Hall–Kier alpha value is -1.59. The summed E-state index contributed by atoms with van der Waals surface area (Å²) >= 11 is 0. The fraction of sp³-hybridized carbons (Fsp3) is 0.625. The molecule has 0 atom stereocenters. The maximum atomic E-state index is 10.8. The quantitative estimate of drug-likeness (QED) is 0.756. The number of aromatic nitrogens is 3. The van der Waals surface area contributed by atoms with Crippen molar-refractivity contribution >= 4 is 11.9 Å². The Balaban J connectivity index is 2.46. The lowest BCUT2D eigenvalue weighted by atomic mass is 10.5. The highest BCUT2D eigenvalue weighted by molar-refractivity contribution is 5.84. The van der Waals surface area contributed by atoms with Crippen LogP contribution in [0.15, 0.2) is 0 Å². The number of carbonyl (C=O) groups is 1. The molecule has 1 aliphatic rings. The number of carboxylic acids is 1. The van der Waals surface area contributed by atoms with Crippen LogP contribution < -0.4 is 4.90 Å². The molecule has 0 amide bonds. The van der Waals surface area contributed by atoms with Crippen molar-refractivity contribution in [3.05, 3.63) is 5.82 Å². The Bertz CT molecular complexity index is 367. The fourth-order valence-electron chi connectivity index (χ4n) is 1.40. The van der Waals surface area contributed by atoms with Crippen molar-refractivity contribution in [2.45, 2.75) is 18.9 Å². The maximum absolute atomic E-state index is 10.8. The Morgan fingerprint density at radius 2 is 2.14 bits per heavy atom. The SMILES string of the molecule is CN(C)c1nnc(C(=O)O)n1C1CC1. The fourth-order valence-corrected chi connectivity index (χ4v) is 1.40.